The molecule has 32 heteroatoms. The molecule has 4 unspecified atom stereocenters. The van der Waals surface area contributed by atoms with Gasteiger partial charge in [0, 0.05) is 280 Å². The summed E-state index contributed by atoms with van der Waals surface area (Å²) in [7, 11) is 21.5. The number of rotatable bonds is 25. The van der Waals surface area contributed by atoms with E-state index < -0.39 is 0 Å². The number of methoxy groups -OCH3 is 2. The van der Waals surface area contributed by atoms with E-state index >= 15 is 0 Å². The average molecular weight is 1900 g/mol. The molecule has 1 saturated carbocycles. The van der Waals surface area contributed by atoms with Crippen molar-refractivity contribution < 1.29 is 77.2 Å². The summed E-state index contributed by atoms with van der Waals surface area (Å²) in [5.74, 6) is 5.86. The summed E-state index contributed by atoms with van der Waals surface area (Å²) in [5, 5.41) is 18.0. The van der Waals surface area contributed by atoms with Gasteiger partial charge in [-0.25, -0.2) is 0 Å². The van der Waals surface area contributed by atoms with Gasteiger partial charge in [-0.1, -0.05) is 152 Å². The molecule has 0 aromatic carbocycles. The number of aliphatic hydroxyl groups excluding tert-OH is 2. The molecule has 12 aliphatic rings. The number of ketones is 1. The Labute approximate surface area is 812 Å². The Balaban J connectivity index is 0.000000500. The number of morpholine rings is 1. The van der Waals surface area contributed by atoms with Gasteiger partial charge in [-0.05, 0) is 133 Å². The lowest BCUT2D eigenvalue weighted by Crippen LogP contribution is -2.63. The Morgan fingerprint density at radius 2 is 0.791 bits per heavy atom. The van der Waals surface area contributed by atoms with Crippen molar-refractivity contribution >= 4 is 64.9 Å². The van der Waals surface area contributed by atoms with Gasteiger partial charge in [0.2, 0.25) is 59.1 Å². The van der Waals surface area contributed by atoms with Crippen LogP contribution in [0.4, 0.5) is 0 Å². The number of aliphatic hydroxyl groups is 2. The molecule has 0 aromatic rings. The SMILES string of the molecule is CC(C)C(=O)N(C)C1CCN(C)C1.CC(C)C(=O)N(C)CCN(C)C.CC(C)C(=O)N1CC(CN(C)C)C1.CC(C)C(=O)N1CC(N(C)C)C1.CC(C)C(=O)N1CC(N2CCOCC2)C1.CC(C)C(=O)N1CC(O)C1.CC(C)C(=O)N1CC2CCC1C2.CC(C)C(=O)N1CCC(N2CCCC2)C1.CC(C)C(=O)N1CC[C@@H](O)C1.COC1CN(C(=O)C(C)C)C1.COCCCC(=O)C(C)C. The van der Waals surface area contributed by atoms with Gasteiger partial charge in [0.15, 0.2) is 0 Å². The van der Waals surface area contributed by atoms with E-state index in [2.05, 4.69) is 69.5 Å². The fourth-order valence-electron chi connectivity index (χ4n) is 17.3. The number of nitrogens with zero attached hydrogens (tertiary/aromatic N) is 16. The zero-order valence-corrected chi connectivity index (χ0v) is 90.6. The summed E-state index contributed by atoms with van der Waals surface area (Å²) in [6.45, 7) is 66.9. The lowest BCUT2D eigenvalue weighted by atomic mass is 9.98. The first kappa shape index (κ1) is 124. The second-order valence-corrected chi connectivity index (χ2v) is 43.3. The van der Waals surface area contributed by atoms with Gasteiger partial charge in [0.1, 0.15) is 5.78 Å². The van der Waals surface area contributed by atoms with Crippen LogP contribution >= 0.6 is 0 Å². The summed E-state index contributed by atoms with van der Waals surface area (Å²) in [6, 6.07) is 2.84. The fraction of sp³-hybridized carbons (Fsp3) is 0.892. The van der Waals surface area contributed by atoms with Crippen LogP contribution in [0.5, 0.6) is 0 Å². The van der Waals surface area contributed by atoms with Crippen molar-refractivity contribution in [2.24, 2.45) is 76.9 Å². The first-order valence-electron chi connectivity index (χ1n) is 51.0. The minimum Gasteiger partial charge on any atom is -0.391 e. The maximum Gasteiger partial charge on any atom is 0.225 e. The van der Waals surface area contributed by atoms with E-state index in [-0.39, 0.29) is 119 Å². The molecule has 134 heavy (non-hydrogen) atoms. The van der Waals surface area contributed by atoms with E-state index in [0.717, 1.165) is 163 Å². The van der Waals surface area contributed by atoms with Crippen LogP contribution in [-0.4, -0.2) is 457 Å². The first-order chi connectivity index (χ1) is 62.6. The number of carbonyl (C=O) groups excluding carboxylic acids is 11. The van der Waals surface area contributed by atoms with E-state index in [4.69, 9.17) is 24.4 Å². The molecule has 11 aliphatic heterocycles. The lowest BCUT2D eigenvalue weighted by molar-refractivity contribution is -0.146. The molecule has 5 atom stereocenters. The molecule has 10 amide bonds. The van der Waals surface area contributed by atoms with Crippen LogP contribution in [0.15, 0.2) is 0 Å². The Hall–Kier alpha value is -6.07. The normalized spacial score (nSPS) is 21.4. The quantitative estimate of drug-likeness (QED) is 0.0819. The smallest absolute Gasteiger partial charge is 0.225 e. The molecule has 1 aliphatic carbocycles. The first-order valence-corrected chi connectivity index (χ1v) is 51.0. The van der Waals surface area contributed by atoms with Crippen LogP contribution in [0.1, 0.15) is 217 Å². The third-order valence-corrected chi connectivity index (χ3v) is 26.4. The number of fused-ring (bicyclic) bond motifs is 2. The number of carbonyl (C=O) groups is 11. The molecule has 32 nitrogen and oxygen atoms in total. The summed E-state index contributed by atoms with van der Waals surface area (Å²) in [5.41, 5.74) is 0. The Bertz CT molecular complexity index is 3370. The van der Waals surface area contributed by atoms with Gasteiger partial charge < -0.3 is 93.0 Å². The van der Waals surface area contributed by atoms with Crippen LogP contribution in [0.2, 0.25) is 0 Å². The van der Waals surface area contributed by atoms with Crippen LogP contribution in [0.25, 0.3) is 0 Å². The highest BCUT2D eigenvalue weighted by Gasteiger charge is 2.42. The molecule has 0 aromatic heterocycles. The molecular weight excluding hydrogens is 1710 g/mol. The minimum absolute atomic E-state index is 0.0558. The summed E-state index contributed by atoms with van der Waals surface area (Å²) >= 11 is 0. The van der Waals surface area contributed by atoms with Crippen molar-refractivity contribution in [1.29, 1.82) is 0 Å². The largest absolute Gasteiger partial charge is 0.391 e. The predicted octanol–water partition coefficient (Wildman–Crippen LogP) is 7.94. The van der Waals surface area contributed by atoms with Gasteiger partial charge in [-0.3, -0.25) is 62.5 Å². The van der Waals surface area contributed by atoms with Crippen LogP contribution < -0.4 is 0 Å². The number of ether oxygens (including phenoxy) is 3. The Morgan fingerprint density at radius 3 is 1.16 bits per heavy atom. The molecule has 12 rings (SSSR count). The second kappa shape index (κ2) is 63.6. The lowest BCUT2D eigenvalue weighted by Gasteiger charge is -2.47. The van der Waals surface area contributed by atoms with Gasteiger partial charge in [0.05, 0.1) is 31.5 Å². The molecule has 780 valence electrons. The summed E-state index contributed by atoms with van der Waals surface area (Å²) in [6.07, 6.45) is 10.8. The maximum atomic E-state index is 11.8. The molecule has 11 heterocycles. The molecular formula is C102H196N16O16. The number of β-amino-alcohol motifs (C(OH)–C–C–N with tert-alkyl or cyclic N) is 2. The van der Waals surface area contributed by atoms with Crippen molar-refractivity contribution in [3.05, 3.63) is 0 Å². The van der Waals surface area contributed by atoms with Crippen LogP contribution in [0, 0.1) is 76.9 Å². The van der Waals surface area contributed by atoms with Crippen molar-refractivity contribution in [3.63, 3.8) is 0 Å². The van der Waals surface area contributed by atoms with Crippen molar-refractivity contribution in [2.75, 3.05) is 255 Å². The zero-order valence-electron chi connectivity index (χ0n) is 90.6. The van der Waals surface area contributed by atoms with Crippen LogP contribution in [0.3, 0.4) is 0 Å². The number of likely N-dealkylation sites (tertiary alicyclic amines) is 10. The third kappa shape index (κ3) is 45.0. The van der Waals surface area contributed by atoms with Crippen molar-refractivity contribution in [3.8, 4) is 0 Å². The Kier molecular flexibility index (Phi) is 58.8. The standard InChI is InChI=1S/C12H22N2O.C11H20N2O2.2C10H20N2O.C10H17NO.C9H18N2O.C9H20N2O.2C8H15NO2.C8H16O2.C7H13NO2/c1-10(2)12(15)14-8-5-11(9-14)13-6-3-4-7-13;1-9(2)11(14)13-7-10(8-13)12-3-5-15-6-4-12;1-8(2)10(13)12-6-9(7-12)5-11(3)4;1-8(2)10(13)12(4)9-5-6-11(3)7-9;1-7(2)10(12)11-6-8-3-4-9(11)5-8;1-7(2)9(12)11-5-8(6-11)10(3)4;1-8(2)9(12)11(5)7-6-10(3)4;1-6(2)8(10)9-4-7(5-9)11-3;1-6(2)8(11)9-4-3-7(10)5-9;1-7(2)8(9)5-4-6-10-3;1-5(2)7(10)8-3-6(9)4-8/h10-11H,3-9H2,1-2H3;9-10H,3-8H2,1-2H3;2*8-9H,5-7H2,1-4H3;7-9H,3-6H2,1-2H3;7-8H,5-6H2,1-4H3;8H,6-7H2,1-5H3;6-7H,4-5H2,1-3H3;6-7,10H,3-5H2,1-2H3;7H,4-6H2,1-3H3;5-6,9H,3-4H2,1-2H3/t;;;;;;;;7-;;/m........1../s1. The van der Waals surface area contributed by atoms with Gasteiger partial charge in [0.25, 0.3) is 0 Å². The van der Waals surface area contributed by atoms with Gasteiger partial charge in [-0.15, -0.1) is 0 Å². The molecule has 11 saturated heterocycles. The molecule has 12 fully saturated rings. The molecule has 0 spiro atoms. The van der Waals surface area contributed by atoms with E-state index in [1.807, 2.05) is 210 Å². The summed E-state index contributed by atoms with van der Waals surface area (Å²) < 4.78 is 15.2. The van der Waals surface area contributed by atoms with E-state index in [0.29, 0.717) is 98.2 Å². The van der Waals surface area contributed by atoms with Gasteiger partial charge in [-0.2, -0.15) is 0 Å². The zero-order chi connectivity index (χ0) is 102. The number of hydrogen-bond donors (Lipinski definition) is 2. The number of amides is 10. The topological polar surface area (TPSA) is 308 Å². The van der Waals surface area contributed by atoms with E-state index in [1.165, 1.54) is 51.6 Å². The van der Waals surface area contributed by atoms with Crippen LogP contribution in [-0.2, 0) is 67.0 Å². The number of hydrogen-bond acceptors (Lipinski definition) is 22. The number of piperidine rings is 1. The maximum absolute atomic E-state index is 11.8. The van der Waals surface area contributed by atoms with Crippen molar-refractivity contribution in [2.45, 2.75) is 265 Å². The van der Waals surface area contributed by atoms with E-state index in [1.54, 1.807) is 28.9 Å². The van der Waals surface area contributed by atoms with E-state index in [9.17, 15) is 52.7 Å². The third-order valence-electron chi connectivity index (χ3n) is 26.4. The molecule has 2 bridgehead atoms. The number of likely N-dealkylation sites (N-methyl/N-ethyl adjacent to an activating group) is 5. The minimum atomic E-state index is -0.294. The monoisotopic (exact) mass is 1900 g/mol. The Morgan fingerprint density at radius 1 is 0.373 bits per heavy atom. The van der Waals surface area contributed by atoms with Gasteiger partial charge >= 0.3 is 0 Å². The molecule has 2 N–H and O–H groups in total. The number of Topliss-reactive ketones (excluding diaryl/α,β-unsaturated/α-hetero) is 1. The van der Waals surface area contributed by atoms with Crippen molar-refractivity contribution in [1.82, 2.24) is 78.4 Å². The molecule has 0 radical (unpaired) electrons. The highest BCUT2D eigenvalue weighted by molar-refractivity contribution is 5.83. The fourth-order valence-corrected chi connectivity index (χ4v) is 17.3. The summed E-state index contributed by atoms with van der Waals surface area (Å²) in [4.78, 5) is 158. The highest BCUT2D eigenvalue weighted by Crippen LogP contribution is 2.38. The average Bonchev–Trinajstić information content (AvgIpc) is 1.26. The highest BCUT2D eigenvalue weighted by atomic mass is 16.5. The predicted molar refractivity (Wildman–Crippen MR) is 535 cm³/mol. The second-order valence-electron chi connectivity index (χ2n) is 43.3.